The predicted octanol–water partition coefficient (Wildman–Crippen LogP) is 6.13. The van der Waals surface area contributed by atoms with E-state index in [4.69, 9.17) is 32.7 Å². The second kappa shape index (κ2) is 10.5. The molecule has 7 heteroatoms. The minimum absolute atomic E-state index is 0.0727. The van der Waals surface area contributed by atoms with Crippen LogP contribution in [0.15, 0.2) is 72.3 Å². The molecule has 0 aromatic heterocycles. The van der Waals surface area contributed by atoms with Crippen LogP contribution in [-0.4, -0.2) is 13.0 Å². The first kappa shape index (κ1) is 22.2. The molecule has 5 nitrogen and oxygen atoms in total. The van der Waals surface area contributed by atoms with Crippen molar-refractivity contribution in [2.45, 2.75) is 6.61 Å². The van der Waals surface area contributed by atoms with E-state index in [1.54, 1.807) is 61.7 Å². The quantitative estimate of drug-likeness (QED) is 0.345. The van der Waals surface area contributed by atoms with Gasteiger partial charge in [0.2, 0.25) is 0 Å². The second-order valence-corrected chi connectivity index (χ2v) is 7.32. The van der Waals surface area contributed by atoms with Gasteiger partial charge >= 0.3 is 0 Å². The molecule has 3 rings (SSSR count). The smallest absolute Gasteiger partial charge is 0.266 e. The minimum Gasteiger partial charge on any atom is -0.497 e. The first-order valence-electron chi connectivity index (χ1n) is 9.22. The number of halogens is 2. The number of carbonyl (C=O) groups is 1. The summed E-state index contributed by atoms with van der Waals surface area (Å²) in [7, 11) is 1.55. The lowest BCUT2D eigenvalue weighted by Gasteiger charge is -2.12. The molecule has 1 N–H and O–H groups in total. The Hall–Kier alpha value is -3.46. The molecule has 0 fully saturated rings. The number of nitriles is 1. The number of rotatable bonds is 7. The fourth-order valence-corrected chi connectivity index (χ4v) is 2.92. The Bertz CT molecular complexity index is 1130. The maximum absolute atomic E-state index is 12.6. The third-order valence-electron chi connectivity index (χ3n) is 4.30. The fraction of sp³-hybridized carbons (Fsp3) is 0.0833. The van der Waals surface area contributed by atoms with Gasteiger partial charge in [-0.3, -0.25) is 4.79 Å². The van der Waals surface area contributed by atoms with Gasteiger partial charge in [0.25, 0.3) is 5.91 Å². The third-order valence-corrected chi connectivity index (χ3v) is 4.80. The summed E-state index contributed by atoms with van der Waals surface area (Å²) in [6.07, 6.45) is 1.47. The number of amides is 1. The highest BCUT2D eigenvalue weighted by molar-refractivity contribution is 6.30. The minimum atomic E-state index is -0.538. The number of hydrogen-bond donors (Lipinski definition) is 1. The molecular formula is C24H18Cl2N2O3. The van der Waals surface area contributed by atoms with Crippen LogP contribution in [0.5, 0.6) is 11.5 Å². The Morgan fingerprint density at radius 3 is 2.29 bits per heavy atom. The van der Waals surface area contributed by atoms with E-state index < -0.39 is 5.91 Å². The van der Waals surface area contributed by atoms with E-state index in [2.05, 4.69) is 5.32 Å². The highest BCUT2D eigenvalue weighted by atomic mass is 35.5. The first-order chi connectivity index (χ1) is 15.0. The summed E-state index contributed by atoms with van der Waals surface area (Å²) in [6, 6.07) is 21.0. The van der Waals surface area contributed by atoms with Crippen LogP contribution in [0.4, 0.5) is 5.69 Å². The Kier molecular flexibility index (Phi) is 7.55. The van der Waals surface area contributed by atoms with E-state index in [-0.39, 0.29) is 12.2 Å². The normalized spacial score (nSPS) is 10.8. The molecule has 31 heavy (non-hydrogen) atoms. The van der Waals surface area contributed by atoms with Crippen molar-refractivity contribution in [2.75, 3.05) is 12.4 Å². The third kappa shape index (κ3) is 6.26. The summed E-state index contributed by atoms with van der Waals surface area (Å²) in [5.74, 6) is 0.526. The van der Waals surface area contributed by atoms with Gasteiger partial charge in [-0.25, -0.2) is 0 Å². The summed E-state index contributed by atoms with van der Waals surface area (Å²) < 4.78 is 11.2. The van der Waals surface area contributed by atoms with Crippen molar-refractivity contribution < 1.29 is 14.3 Å². The van der Waals surface area contributed by atoms with Crippen LogP contribution in [0.2, 0.25) is 10.0 Å². The molecule has 0 heterocycles. The number of ether oxygens (including phenoxy) is 2. The van der Waals surface area contributed by atoms with E-state index in [1.807, 2.05) is 18.2 Å². The van der Waals surface area contributed by atoms with E-state index >= 15 is 0 Å². The van der Waals surface area contributed by atoms with Crippen LogP contribution in [-0.2, 0) is 11.4 Å². The number of nitrogens with one attached hydrogen (secondary N) is 1. The van der Waals surface area contributed by atoms with Crippen molar-refractivity contribution in [1.82, 2.24) is 0 Å². The van der Waals surface area contributed by atoms with Crippen molar-refractivity contribution in [3.05, 3.63) is 93.5 Å². The zero-order valence-electron chi connectivity index (χ0n) is 16.6. The van der Waals surface area contributed by atoms with Gasteiger partial charge in [0.1, 0.15) is 29.7 Å². The molecule has 0 unspecified atom stereocenters. The molecule has 0 radical (unpaired) electrons. The molecule has 3 aromatic rings. The van der Waals surface area contributed by atoms with Gasteiger partial charge in [-0.15, -0.1) is 0 Å². The molecule has 1 amide bonds. The average molecular weight is 453 g/mol. The topological polar surface area (TPSA) is 71.3 Å². The molecule has 0 aliphatic heterocycles. The van der Waals surface area contributed by atoms with Crippen LogP contribution in [0.25, 0.3) is 6.08 Å². The predicted molar refractivity (Wildman–Crippen MR) is 122 cm³/mol. The first-order valence-corrected chi connectivity index (χ1v) is 9.98. The van der Waals surface area contributed by atoms with Gasteiger partial charge in [0.15, 0.2) is 0 Å². The molecular weight excluding hydrogens is 435 g/mol. The van der Waals surface area contributed by atoms with Crippen molar-refractivity contribution in [3.8, 4) is 17.6 Å². The van der Waals surface area contributed by atoms with Crippen molar-refractivity contribution in [1.29, 1.82) is 5.26 Å². The van der Waals surface area contributed by atoms with E-state index in [0.29, 0.717) is 32.8 Å². The van der Waals surface area contributed by atoms with Crippen molar-refractivity contribution in [3.63, 3.8) is 0 Å². The summed E-state index contributed by atoms with van der Waals surface area (Å²) in [6.45, 7) is 0.282. The van der Waals surface area contributed by atoms with Crippen LogP contribution in [0, 0.1) is 11.3 Å². The maximum atomic E-state index is 12.6. The average Bonchev–Trinajstić information content (AvgIpc) is 2.79. The second-order valence-electron chi connectivity index (χ2n) is 6.45. The molecule has 0 aliphatic carbocycles. The summed E-state index contributed by atoms with van der Waals surface area (Å²) >= 11 is 11.8. The van der Waals surface area contributed by atoms with Crippen LogP contribution in [0.1, 0.15) is 11.1 Å². The van der Waals surface area contributed by atoms with E-state index in [1.165, 1.54) is 6.08 Å². The number of hydrogen-bond acceptors (Lipinski definition) is 4. The van der Waals surface area contributed by atoms with Gasteiger partial charge in [-0.05, 0) is 60.2 Å². The number of benzene rings is 3. The Morgan fingerprint density at radius 1 is 1.03 bits per heavy atom. The number of nitrogens with zero attached hydrogens (tertiary/aromatic N) is 1. The highest BCUT2D eigenvalue weighted by Gasteiger charge is 2.12. The Morgan fingerprint density at radius 2 is 1.68 bits per heavy atom. The van der Waals surface area contributed by atoms with Crippen molar-refractivity contribution >= 4 is 40.9 Å². The Labute approximate surface area is 190 Å². The molecule has 0 spiro atoms. The Balaban J connectivity index is 1.83. The fourth-order valence-electron chi connectivity index (χ4n) is 2.66. The van der Waals surface area contributed by atoms with Crippen LogP contribution < -0.4 is 14.8 Å². The van der Waals surface area contributed by atoms with Gasteiger partial charge in [0, 0.05) is 27.4 Å². The summed E-state index contributed by atoms with van der Waals surface area (Å²) in [5.41, 5.74) is 1.95. The monoisotopic (exact) mass is 452 g/mol. The van der Waals surface area contributed by atoms with Gasteiger partial charge < -0.3 is 14.8 Å². The van der Waals surface area contributed by atoms with Gasteiger partial charge in [-0.1, -0.05) is 35.3 Å². The summed E-state index contributed by atoms with van der Waals surface area (Å²) in [5, 5.41) is 13.4. The SMILES string of the molecule is COc1ccc(/C=C(\C#N)C(=O)Nc2ccc(Cl)cc2)c(OCc2ccc(Cl)cc2)c1. The zero-order valence-corrected chi connectivity index (χ0v) is 18.1. The molecule has 3 aromatic carbocycles. The van der Waals surface area contributed by atoms with Gasteiger partial charge in [-0.2, -0.15) is 5.26 Å². The molecule has 0 atom stereocenters. The molecule has 156 valence electrons. The van der Waals surface area contributed by atoms with Crippen molar-refractivity contribution in [2.24, 2.45) is 0 Å². The lowest BCUT2D eigenvalue weighted by atomic mass is 10.1. The maximum Gasteiger partial charge on any atom is 0.266 e. The van der Waals surface area contributed by atoms with E-state index in [0.717, 1.165) is 5.56 Å². The number of anilines is 1. The molecule has 0 aliphatic rings. The lowest BCUT2D eigenvalue weighted by Crippen LogP contribution is -2.13. The van der Waals surface area contributed by atoms with Crippen LogP contribution in [0.3, 0.4) is 0 Å². The highest BCUT2D eigenvalue weighted by Crippen LogP contribution is 2.28. The van der Waals surface area contributed by atoms with E-state index in [9.17, 15) is 10.1 Å². The number of methoxy groups -OCH3 is 1. The molecule has 0 saturated heterocycles. The van der Waals surface area contributed by atoms with Crippen LogP contribution >= 0.6 is 23.2 Å². The summed E-state index contributed by atoms with van der Waals surface area (Å²) in [4.78, 5) is 12.6. The molecule has 0 saturated carbocycles. The van der Waals surface area contributed by atoms with Gasteiger partial charge in [0.05, 0.1) is 7.11 Å². The number of carbonyl (C=O) groups excluding carboxylic acids is 1. The standard InChI is InChI=1S/C24H18Cl2N2O3/c1-30-22-11-4-17(23(13-22)31-15-16-2-5-19(25)6-3-16)12-18(14-27)24(29)28-21-9-7-20(26)8-10-21/h2-13H,15H2,1H3,(H,28,29)/b18-12+. The lowest BCUT2D eigenvalue weighted by molar-refractivity contribution is -0.112. The molecule has 0 bridgehead atoms. The zero-order chi connectivity index (χ0) is 22.2. The largest absolute Gasteiger partial charge is 0.497 e.